The summed E-state index contributed by atoms with van der Waals surface area (Å²) in [7, 11) is 0. The van der Waals surface area contributed by atoms with Gasteiger partial charge >= 0.3 is 0 Å². The van der Waals surface area contributed by atoms with E-state index in [2.05, 4.69) is 12.2 Å². The fourth-order valence-electron chi connectivity index (χ4n) is 2.53. The lowest BCUT2D eigenvalue weighted by molar-refractivity contribution is 0.300. The van der Waals surface area contributed by atoms with Gasteiger partial charge in [0.05, 0.1) is 10.0 Å². The summed E-state index contributed by atoms with van der Waals surface area (Å²) < 4.78 is 0. The van der Waals surface area contributed by atoms with Gasteiger partial charge in [-0.2, -0.15) is 0 Å². The minimum absolute atomic E-state index is 0.627. The molecule has 1 aromatic carbocycles. The third-order valence-corrected chi connectivity index (χ3v) is 4.25. The molecule has 0 saturated heterocycles. The van der Waals surface area contributed by atoms with Crippen molar-refractivity contribution in [2.24, 2.45) is 5.92 Å². The van der Waals surface area contributed by atoms with Gasteiger partial charge in [-0.15, -0.1) is 0 Å². The molecule has 94 valence electrons. The standard InChI is InChI=1S/C14H19Cl2N/c1-10-3-2-4-12(7-10)17-9-11-5-6-13(15)14(16)8-11/h5-6,8,10,12,17H,2-4,7,9H2,1H3. The van der Waals surface area contributed by atoms with Crippen molar-refractivity contribution in [3.63, 3.8) is 0 Å². The van der Waals surface area contributed by atoms with Gasteiger partial charge in [-0.25, -0.2) is 0 Å². The largest absolute Gasteiger partial charge is 0.310 e. The highest BCUT2D eigenvalue weighted by Gasteiger charge is 2.17. The van der Waals surface area contributed by atoms with Gasteiger partial charge in [0.15, 0.2) is 0 Å². The topological polar surface area (TPSA) is 12.0 Å². The normalized spacial score (nSPS) is 24.9. The molecule has 0 radical (unpaired) electrons. The third kappa shape index (κ3) is 3.87. The Hall–Kier alpha value is -0.240. The maximum Gasteiger partial charge on any atom is 0.0595 e. The zero-order chi connectivity index (χ0) is 12.3. The van der Waals surface area contributed by atoms with E-state index in [1.807, 2.05) is 18.2 Å². The molecule has 3 heteroatoms. The summed E-state index contributed by atoms with van der Waals surface area (Å²) in [4.78, 5) is 0. The van der Waals surface area contributed by atoms with Gasteiger partial charge in [0.2, 0.25) is 0 Å². The molecule has 1 aliphatic rings. The minimum Gasteiger partial charge on any atom is -0.310 e. The van der Waals surface area contributed by atoms with Crippen molar-refractivity contribution in [1.29, 1.82) is 0 Å². The molecule has 1 aromatic rings. The van der Waals surface area contributed by atoms with Gasteiger partial charge in [-0.3, -0.25) is 0 Å². The van der Waals surface area contributed by atoms with Gasteiger partial charge in [0.1, 0.15) is 0 Å². The zero-order valence-corrected chi connectivity index (χ0v) is 11.7. The highest BCUT2D eigenvalue weighted by molar-refractivity contribution is 6.42. The molecular weight excluding hydrogens is 253 g/mol. The van der Waals surface area contributed by atoms with E-state index in [0.717, 1.165) is 12.5 Å². The zero-order valence-electron chi connectivity index (χ0n) is 10.2. The highest BCUT2D eigenvalue weighted by Crippen LogP contribution is 2.25. The van der Waals surface area contributed by atoms with Crippen LogP contribution in [0, 0.1) is 5.92 Å². The first kappa shape index (κ1) is 13.2. The van der Waals surface area contributed by atoms with Crippen molar-refractivity contribution in [2.45, 2.75) is 45.2 Å². The van der Waals surface area contributed by atoms with Gasteiger partial charge in [-0.05, 0) is 36.5 Å². The van der Waals surface area contributed by atoms with Gasteiger partial charge < -0.3 is 5.32 Å². The number of hydrogen-bond donors (Lipinski definition) is 1. The number of nitrogens with one attached hydrogen (secondary N) is 1. The van der Waals surface area contributed by atoms with Crippen molar-refractivity contribution in [3.8, 4) is 0 Å². The fourth-order valence-corrected chi connectivity index (χ4v) is 2.85. The molecule has 1 nitrogen and oxygen atoms in total. The Kier molecular flexibility index (Phi) is 4.72. The van der Waals surface area contributed by atoms with Gasteiger partial charge in [0, 0.05) is 12.6 Å². The highest BCUT2D eigenvalue weighted by atomic mass is 35.5. The monoisotopic (exact) mass is 271 g/mol. The summed E-state index contributed by atoms with van der Waals surface area (Å²) in [5.74, 6) is 0.857. The van der Waals surface area contributed by atoms with Crippen LogP contribution in [0.15, 0.2) is 18.2 Å². The average molecular weight is 272 g/mol. The second kappa shape index (κ2) is 6.08. The number of hydrogen-bond acceptors (Lipinski definition) is 1. The van der Waals surface area contributed by atoms with Crippen molar-refractivity contribution in [1.82, 2.24) is 5.32 Å². The second-order valence-electron chi connectivity index (χ2n) is 5.10. The summed E-state index contributed by atoms with van der Waals surface area (Å²) in [5, 5.41) is 4.88. The van der Waals surface area contributed by atoms with Crippen LogP contribution in [0.2, 0.25) is 10.0 Å². The average Bonchev–Trinajstić information content (AvgIpc) is 2.31. The minimum atomic E-state index is 0.627. The maximum atomic E-state index is 6.00. The second-order valence-corrected chi connectivity index (χ2v) is 5.91. The van der Waals surface area contributed by atoms with Gasteiger partial charge in [-0.1, -0.05) is 49.0 Å². The van der Waals surface area contributed by atoms with E-state index in [0.29, 0.717) is 16.1 Å². The first-order valence-electron chi connectivity index (χ1n) is 6.32. The summed E-state index contributed by atoms with van der Waals surface area (Å²) >= 11 is 11.9. The number of benzene rings is 1. The fraction of sp³-hybridized carbons (Fsp3) is 0.571. The molecule has 1 saturated carbocycles. The van der Waals surface area contributed by atoms with E-state index < -0.39 is 0 Å². The van der Waals surface area contributed by atoms with Crippen LogP contribution in [-0.2, 0) is 6.54 Å². The molecule has 1 aliphatic carbocycles. The van der Waals surface area contributed by atoms with Crippen molar-refractivity contribution >= 4 is 23.2 Å². The van der Waals surface area contributed by atoms with E-state index in [-0.39, 0.29) is 0 Å². The molecule has 0 amide bonds. The molecule has 2 rings (SSSR count). The quantitative estimate of drug-likeness (QED) is 0.843. The number of rotatable bonds is 3. The predicted octanol–water partition coefficient (Wildman–Crippen LogP) is 4.66. The van der Waals surface area contributed by atoms with Crippen molar-refractivity contribution in [2.75, 3.05) is 0 Å². The molecule has 0 spiro atoms. The van der Waals surface area contributed by atoms with E-state index in [9.17, 15) is 0 Å². The Bertz CT molecular complexity index is 378. The molecule has 0 aliphatic heterocycles. The molecule has 2 unspecified atom stereocenters. The van der Waals surface area contributed by atoms with Crippen LogP contribution < -0.4 is 5.32 Å². The summed E-state index contributed by atoms with van der Waals surface area (Å²) in [6.07, 6.45) is 5.32. The summed E-state index contributed by atoms with van der Waals surface area (Å²) in [5.41, 5.74) is 1.21. The first-order chi connectivity index (χ1) is 8.15. The van der Waals surface area contributed by atoms with Crippen LogP contribution in [0.1, 0.15) is 38.2 Å². The van der Waals surface area contributed by atoms with Crippen LogP contribution in [0.4, 0.5) is 0 Å². The lowest BCUT2D eigenvalue weighted by Gasteiger charge is -2.27. The smallest absolute Gasteiger partial charge is 0.0595 e. The molecule has 17 heavy (non-hydrogen) atoms. The molecule has 0 heterocycles. The van der Waals surface area contributed by atoms with E-state index >= 15 is 0 Å². The van der Waals surface area contributed by atoms with Crippen LogP contribution >= 0.6 is 23.2 Å². The molecular formula is C14H19Cl2N. The lowest BCUT2D eigenvalue weighted by atomic mass is 9.87. The molecule has 1 N–H and O–H groups in total. The van der Waals surface area contributed by atoms with E-state index in [4.69, 9.17) is 23.2 Å². The Balaban J connectivity index is 1.86. The van der Waals surface area contributed by atoms with Crippen molar-refractivity contribution in [3.05, 3.63) is 33.8 Å². The molecule has 1 fully saturated rings. The van der Waals surface area contributed by atoms with Crippen LogP contribution in [0.3, 0.4) is 0 Å². The summed E-state index contributed by atoms with van der Waals surface area (Å²) in [6, 6.07) is 6.51. The van der Waals surface area contributed by atoms with Crippen LogP contribution in [0.5, 0.6) is 0 Å². The molecule has 0 bridgehead atoms. The Morgan fingerprint density at radius 3 is 2.76 bits per heavy atom. The Morgan fingerprint density at radius 2 is 2.06 bits per heavy atom. The third-order valence-electron chi connectivity index (χ3n) is 3.52. The maximum absolute atomic E-state index is 6.00. The SMILES string of the molecule is CC1CCCC(NCc2ccc(Cl)c(Cl)c2)C1. The predicted molar refractivity (Wildman–Crippen MR) is 74.7 cm³/mol. The van der Waals surface area contributed by atoms with Crippen LogP contribution in [-0.4, -0.2) is 6.04 Å². The molecule has 2 atom stereocenters. The van der Waals surface area contributed by atoms with Gasteiger partial charge in [0.25, 0.3) is 0 Å². The van der Waals surface area contributed by atoms with E-state index in [1.54, 1.807) is 0 Å². The Morgan fingerprint density at radius 1 is 1.24 bits per heavy atom. The van der Waals surface area contributed by atoms with Crippen LogP contribution in [0.25, 0.3) is 0 Å². The Labute approximate surface area is 114 Å². The summed E-state index contributed by atoms with van der Waals surface area (Å²) in [6.45, 7) is 3.22. The lowest BCUT2D eigenvalue weighted by Crippen LogP contribution is -2.33. The van der Waals surface area contributed by atoms with Crippen molar-refractivity contribution < 1.29 is 0 Å². The number of halogens is 2. The first-order valence-corrected chi connectivity index (χ1v) is 7.08. The van der Waals surface area contributed by atoms with E-state index in [1.165, 1.54) is 31.2 Å². The molecule has 0 aromatic heterocycles.